The van der Waals surface area contributed by atoms with Gasteiger partial charge in [-0.2, -0.15) is 0 Å². The Labute approximate surface area is 164 Å². The lowest BCUT2D eigenvalue weighted by atomic mass is 9.86. The van der Waals surface area contributed by atoms with Gasteiger partial charge in [0, 0.05) is 13.1 Å². The summed E-state index contributed by atoms with van der Waals surface area (Å²) in [6.07, 6.45) is 2.77. The molecule has 3 fully saturated rings. The molecule has 0 aliphatic carbocycles. The molecule has 4 nitrogen and oxygen atoms in total. The van der Waals surface area contributed by atoms with Gasteiger partial charge in [0.25, 0.3) is 0 Å². The van der Waals surface area contributed by atoms with Gasteiger partial charge in [-0.05, 0) is 67.1 Å². The van der Waals surface area contributed by atoms with E-state index in [1.54, 1.807) is 12.1 Å². The minimum Gasteiger partial charge on any atom is -0.444 e. The first-order valence-electron chi connectivity index (χ1n) is 10.2. The second-order valence-electron chi connectivity index (χ2n) is 8.16. The zero-order valence-electron chi connectivity index (χ0n) is 15.9. The topological polar surface area (TPSA) is 32.8 Å². The molecule has 2 aromatic carbocycles. The van der Waals surface area contributed by atoms with E-state index in [0.717, 1.165) is 50.0 Å². The zero-order valence-corrected chi connectivity index (χ0v) is 15.9. The van der Waals surface area contributed by atoms with Crippen LogP contribution in [0, 0.1) is 11.7 Å². The molecule has 146 valence electrons. The van der Waals surface area contributed by atoms with E-state index in [-0.39, 0.29) is 24.1 Å². The fraction of sp³-hybridized carbons (Fsp3) is 0.435. The highest BCUT2D eigenvalue weighted by atomic mass is 19.1. The van der Waals surface area contributed by atoms with Crippen LogP contribution in [-0.4, -0.2) is 48.2 Å². The highest BCUT2D eigenvalue weighted by Gasteiger charge is 2.39. The second kappa shape index (κ2) is 7.21. The number of piperidine rings is 3. The molecule has 1 amide bonds. The molecule has 3 saturated heterocycles. The number of ether oxygens (including phenoxy) is 1. The molecule has 0 unspecified atom stereocenters. The molecule has 4 aliphatic heterocycles. The van der Waals surface area contributed by atoms with Gasteiger partial charge in [-0.15, -0.1) is 0 Å². The van der Waals surface area contributed by atoms with Gasteiger partial charge in [-0.25, -0.2) is 9.18 Å². The van der Waals surface area contributed by atoms with Crippen LogP contribution in [0.25, 0.3) is 0 Å². The SMILES string of the molecule is O=C(O[C@@H]1CN2CCC1CC2)N1CCc2ccccc2[C@H]1c1ccc(F)cc1. The van der Waals surface area contributed by atoms with Crippen LogP contribution in [0.15, 0.2) is 48.5 Å². The van der Waals surface area contributed by atoms with Crippen LogP contribution >= 0.6 is 0 Å². The van der Waals surface area contributed by atoms with Gasteiger partial charge >= 0.3 is 6.09 Å². The molecule has 0 spiro atoms. The minimum atomic E-state index is -0.269. The van der Waals surface area contributed by atoms with Crippen LogP contribution in [0.4, 0.5) is 9.18 Å². The molecular weight excluding hydrogens is 355 g/mol. The zero-order chi connectivity index (χ0) is 19.1. The van der Waals surface area contributed by atoms with E-state index >= 15 is 0 Å². The van der Waals surface area contributed by atoms with E-state index in [1.807, 2.05) is 17.0 Å². The van der Waals surface area contributed by atoms with E-state index in [0.29, 0.717) is 12.5 Å². The van der Waals surface area contributed by atoms with Crippen molar-refractivity contribution >= 4 is 6.09 Å². The average Bonchev–Trinajstić information content (AvgIpc) is 2.74. The summed E-state index contributed by atoms with van der Waals surface area (Å²) in [6.45, 7) is 3.70. The summed E-state index contributed by atoms with van der Waals surface area (Å²) in [5, 5.41) is 0. The van der Waals surface area contributed by atoms with Crippen LogP contribution in [0.2, 0.25) is 0 Å². The van der Waals surface area contributed by atoms with Crippen molar-refractivity contribution in [3.05, 3.63) is 71.0 Å². The smallest absolute Gasteiger partial charge is 0.410 e. The van der Waals surface area contributed by atoms with E-state index in [4.69, 9.17) is 4.74 Å². The van der Waals surface area contributed by atoms with Crippen molar-refractivity contribution in [2.45, 2.75) is 31.4 Å². The van der Waals surface area contributed by atoms with Gasteiger partial charge in [0.2, 0.25) is 0 Å². The molecular formula is C23H25FN2O2. The lowest BCUT2D eigenvalue weighted by molar-refractivity contribution is -0.0462. The fourth-order valence-electron chi connectivity index (χ4n) is 5.01. The van der Waals surface area contributed by atoms with Crippen molar-refractivity contribution in [3.63, 3.8) is 0 Å². The number of carbonyl (C=O) groups excluding carboxylic acids is 1. The van der Waals surface area contributed by atoms with Gasteiger partial charge < -0.3 is 4.74 Å². The lowest BCUT2D eigenvalue weighted by Gasteiger charge is -2.45. The molecule has 2 atom stereocenters. The molecule has 4 aliphatic rings. The molecule has 0 N–H and O–H groups in total. The maximum absolute atomic E-state index is 13.5. The predicted molar refractivity (Wildman–Crippen MR) is 105 cm³/mol. The van der Waals surface area contributed by atoms with Gasteiger partial charge in [-0.1, -0.05) is 36.4 Å². The first-order chi connectivity index (χ1) is 13.7. The van der Waals surface area contributed by atoms with Crippen LogP contribution in [0.5, 0.6) is 0 Å². The van der Waals surface area contributed by atoms with Crippen molar-refractivity contribution in [1.29, 1.82) is 0 Å². The van der Waals surface area contributed by atoms with Crippen LogP contribution in [0.1, 0.15) is 35.6 Å². The number of fused-ring (bicyclic) bond motifs is 4. The highest BCUT2D eigenvalue weighted by molar-refractivity contribution is 5.70. The Morgan fingerprint density at radius 2 is 1.75 bits per heavy atom. The van der Waals surface area contributed by atoms with Gasteiger partial charge in [0.15, 0.2) is 0 Å². The Bertz CT molecular complexity index is 861. The summed E-state index contributed by atoms with van der Waals surface area (Å²) in [5.41, 5.74) is 3.26. The molecule has 0 radical (unpaired) electrons. The lowest BCUT2D eigenvalue weighted by Crippen LogP contribution is -2.53. The van der Waals surface area contributed by atoms with E-state index in [1.165, 1.54) is 17.7 Å². The Morgan fingerprint density at radius 3 is 2.46 bits per heavy atom. The summed E-state index contributed by atoms with van der Waals surface area (Å²) in [5.74, 6) is 0.213. The number of hydrogen-bond donors (Lipinski definition) is 0. The summed E-state index contributed by atoms with van der Waals surface area (Å²) in [7, 11) is 0. The van der Waals surface area contributed by atoms with Crippen LogP contribution in [-0.2, 0) is 11.2 Å². The van der Waals surface area contributed by atoms with Crippen molar-refractivity contribution < 1.29 is 13.9 Å². The molecule has 6 rings (SSSR count). The van der Waals surface area contributed by atoms with Crippen molar-refractivity contribution in [1.82, 2.24) is 9.80 Å². The number of halogens is 1. The molecule has 2 bridgehead atoms. The molecule has 5 heteroatoms. The number of hydrogen-bond acceptors (Lipinski definition) is 3. The minimum absolute atomic E-state index is 0.0129. The number of nitrogens with zero attached hydrogens (tertiary/aromatic N) is 2. The third-order valence-electron chi connectivity index (χ3n) is 6.55. The predicted octanol–water partition coefficient (Wildman–Crippen LogP) is 4.00. The van der Waals surface area contributed by atoms with Crippen LogP contribution < -0.4 is 0 Å². The van der Waals surface area contributed by atoms with E-state index in [9.17, 15) is 9.18 Å². The van der Waals surface area contributed by atoms with E-state index in [2.05, 4.69) is 17.0 Å². The molecule has 28 heavy (non-hydrogen) atoms. The monoisotopic (exact) mass is 380 g/mol. The quantitative estimate of drug-likeness (QED) is 0.789. The Balaban J connectivity index is 1.43. The van der Waals surface area contributed by atoms with Crippen molar-refractivity contribution in [2.75, 3.05) is 26.2 Å². The summed E-state index contributed by atoms with van der Waals surface area (Å²) < 4.78 is 19.5. The van der Waals surface area contributed by atoms with Crippen molar-refractivity contribution in [3.8, 4) is 0 Å². The maximum Gasteiger partial charge on any atom is 0.410 e. The standard InChI is InChI=1S/C23H25FN2O2/c24-19-7-5-18(6-8-19)22-20-4-2-1-3-16(20)11-14-26(22)23(27)28-21-15-25-12-9-17(21)10-13-25/h1-8,17,21-22H,9-15H2/t21-,22-/m1/s1. The number of carbonyl (C=O) groups is 1. The fourth-order valence-corrected chi connectivity index (χ4v) is 5.01. The van der Waals surface area contributed by atoms with Gasteiger partial charge in [0.1, 0.15) is 11.9 Å². The summed E-state index contributed by atoms with van der Waals surface area (Å²) in [6, 6.07) is 14.4. The summed E-state index contributed by atoms with van der Waals surface area (Å²) in [4.78, 5) is 17.4. The molecule has 4 heterocycles. The first kappa shape index (κ1) is 17.7. The first-order valence-corrected chi connectivity index (χ1v) is 10.2. The number of rotatable bonds is 2. The van der Waals surface area contributed by atoms with Gasteiger partial charge in [0.05, 0.1) is 6.04 Å². The number of benzene rings is 2. The molecule has 0 aromatic heterocycles. The second-order valence-corrected chi connectivity index (χ2v) is 8.16. The van der Waals surface area contributed by atoms with Crippen molar-refractivity contribution in [2.24, 2.45) is 5.92 Å². The molecule has 2 aromatic rings. The Kier molecular flexibility index (Phi) is 4.55. The highest BCUT2D eigenvalue weighted by Crippen LogP contribution is 2.37. The summed E-state index contributed by atoms with van der Waals surface area (Å²) >= 11 is 0. The number of amides is 1. The normalized spacial score (nSPS) is 28.7. The Hall–Kier alpha value is -2.40. The average molecular weight is 380 g/mol. The third-order valence-corrected chi connectivity index (χ3v) is 6.55. The maximum atomic E-state index is 13.5. The van der Waals surface area contributed by atoms with Crippen LogP contribution in [0.3, 0.4) is 0 Å². The van der Waals surface area contributed by atoms with E-state index < -0.39 is 0 Å². The molecule has 0 saturated carbocycles. The Morgan fingerprint density at radius 1 is 1.00 bits per heavy atom. The largest absolute Gasteiger partial charge is 0.444 e. The third kappa shape index (κ3) is 3.18. The van der Waals surface area contributed by atoms with Gasteiger partial charge in [-0.3, -0.25) is 9.80 Å².